The van der Waals surface area contributed by atoms with Gasteiger partial charge in [-0.2, -0.15) is 0 Å². The average Bonchev–Trinajstić information content (AvgIpc) is 2.83. The summed E-state index contributed by atoms with van der Waals surface area (Å²) in [7, 11) is 0. The van der Waals surface area contributed by atoms with Gasteiger partial charge in [-0.25, -0.2) is 0 Å². The Hall–Kier alpha value is -1.75. The van der Waals surface area contributed by atoms with Crippen molar-refractivity contribution in [1.29, 1.82) is 0 Å². The fourth-order valence-corrected chi connectivity index (χ4v) is 2.74. The highest BCUT2D eigenvalue weighted by atomic mass is 32.1. The molecular formula is C13H12N2O2S. The van der Waals surface area contributed by atoms with Crippen LogP contribution in [0.15, 0.2) is 18.2 Å². The van der Waals surface area contributed by atoms with Crippen molar-refractivity contribution in [3.05, 3.63) is 39.9 Å². The maximum atomic E-state index is 12.5. The molecule has 0 amide bonds. The second-order valence-electron chi connectivity index (χ2n) is 4.26. The zero-order valence-electron chi connectivity index (χ0n) is 9.97. The molecule has 0 atom stereocenters. The third kappa shape index (κ3) is 1.80. The van der Waals surface area contributed by atoms with E-state index in [1.165, 1.54) is 0 Å². The quantitative estimate of drug-likeness (QED) is 0.778. The van der Waals surface area contributed by atoms with Crippen LogP contribution in [0, 0.1) is 6.92 Å². The number of hydrogen-bond donors (Lipinski definition) is 0. The van der Waals surface area contributed by atoms with E-state index in [-0.39, 0.29) is 5.78 Å². The molecule has 5 heteroatoms. The number of carbonyl (C=O) groups is 1. The SMILES string of the molecule is Cc1nnsc1C(=O)c1cccc2c1OCCC2. The van der Waals surface area contributed by atoms with Gasteiger partial charge >= 0.3 is 0 Å². The first-order valence-electron chi connectivity index (χ1n) is 5.85. The summed E-state index contributed by atoms with van der Waals surface area (Å²) >= 11 is 1.14. The minimum Gasteiger partial charge on any atom is -0.493 e. The van der Waals surface area contributed by atoms with Gasteiger partial charge in [-0.3, -0.25) is 4.79 Å². The highest BCUT2D eigenvalue weighted by molar-refractivity contribution is 7.08. The molecule has 4 nitrogen and oxygen atoms in total. The van der Waals surface area contributed by atoms with Crippen LogP contribution in [0.2, 0.25) is 0 Å². The van der Waals surface area contributed by atoms with E-state index in [0.717, 1.165) is 35.7 Å². The van der Waals surface area contributed by atoms with Gasteiger partial charge in [0.2, 0.25) is 5.78 Å². The van der Waals surface area contributed by atoms with Crippen molar-refractivity contribution in [1.82, 2.24) is 9.59 Å². The van der Waals surface area contributed by atoms with E-state index in [1.807, 2.05) is 18.2 Å². The number of hydrogen-bond acceptors (Lipinski definition) is 5. The Labute approximate surface area is 109 Å². The number of ketones is 1. The summed E-state index contributed by atoms with van der Waals surface area (Å²) in [5, 5.41) is 3.88. The second kappa shape index (κ2) is 4.49. The smallest absolute Gasteiger partial charge is 0.210 e. The van der Waals surface area contributed by atoms with E-state index >= 15 is 0 Å². The van der Waals surface area contributed by atoms with Gasteiger partial charge in [-0.15, -0.1) is 5.10 Å². The number of fused-ring (bicyclic) bond motifs is 1. The van der Waals surface area contributed by atoms with Gasteiger partial charge in [0.1, 0.15) is 10.6 Å². The van der Waals surface area contributed by atoms with Crippen LogP contribution in [0.5, 0.6) is 5.75 Å². The van der Waals surface area contributed by atoms with Crippen LogP contribution in [-0.2, 0) is 6.42 Å². The van der Waals surface area contributed by atoms with Crippen LogP contribution in [0.1, 0.15) is 32.9 Å². The molecule has 0 bridgehead atoms. The van der Waals surface area contributed by atoms with Crippen molar-refractivity contribution in [2.24, 2.45) is 0 Å². The third-order valence-corrected chi connectivity index (χ3v) is 3.86. The Kier molecular flexibility index (Phi) is 2.83. The van der Waals surface area contributed by atoms with Crippen molar-refractivity contribution >= 4 is 17.3 Å². The fraction of sp³-hybridized carbons (Fsp3) is 0.308. The minimum atomic E-state index is -0.0405. The highest BCUT2D eigenvalue weighted by Crippen LogP contribution is 2.31. The van der Waals surface area contributed by atoms with E-state index in [9.17, 15) is 4.79 Å². The summed E-state index contributed by atoms with van der Waals surface area (Å²) in [6.07, 6.45) is 1.97. The van der Waals surface area contributed by atoms with Gasteiger partial charge in [0.25, 0.3) is 0 Å². The number of para-hydroxylation sites is 1. The van der Waals surface area contributed by atoms with Crippen molar-refractivity contribution in [2.45, 2.75) is 19.8 Å². The molecule has 1 aromatic heterocycles. The summed E-state index contributed by atoms with van der Waals surface area (Å²) in [6.45, 7) is 2.48. The van der Waals surface area contributed by atoms with Crippen molar-refractivity contribution < 1.29 is 9.53 Å². The first-order chi connectivity index (χ1) is 8.77. The number of ether oxygens (including phenoxy) is 1. The summed E-state index contributed by atoms with van der Waals surface area (Å²) in [6, 6.07) is 5.74. The molecule has 2 heterocycles. The number of aromatic nitrogens is 2. The molecule has 0 N–H and O–H groups in total. The predicted octanol–water partition coefficient (Wildman–Crippen LogP) is 2.40. The number of carbonyl (C=O) groups excluding carboxylic acids is 1. The molecule has 1 aliphatic rings. The molecule has 0 radical (unpaired) electrons. The van der Waals surface area contributed by atoms with E-state index in [0.29, 0.717) is 22.7 Å². The molecule has 0 unspecified atom stereocenters. The molecule has 2 aromatic rings. The van der Waals surface area contributed by atoms with Gasteiger partial charge in [0.15, 0.2) is 0 Å². The van der Waals surface area contributed by atoms with Gasteiger partial charge in [-0.1, -0.05) is 16.6 Å². The first kappa shape index (κ1) is 11.3. The van der Waals surface area contributed by atoms with Crippen molar-refractivity contribution in [3.8, 4) is 5.75 Å². The van der Waals surface area contributed by atoms with Gasteiger partial charge < -0.3 is 4.74 Å². The van der Waals surface area contributed by atoms with E-state index in [4.69, 9.17) is 4.74 Å². The van der Waals surface area contributed by atoms with Crippen LogP contribution in [0.25, 0.3) is 0 Å². The summed E-state index contributed by atoms with van der Waals surface area (Å²) < 4.78 is 9.47. The molecule has 18 heavy (non-hydrogen) atoms. The molecule has 0 spiro atoms. The Morgan fingerprint density at radius 2 is 2.33 bits per heavy atom. The van der Waals surface area contributed by atoms with E-state index in [2.05, 4.69) is 9.59 Å². The first-order valence-corrected chi connectivity index (χ1v) is 6.63. The normalized spacial score (nSPS) is 13.8. The van der Waals surface area contributed by atoms with E-state index in [1.54, 1.807) is 6.92 Å². The van der Waals surface area contributed by atoms with Crippen molar-refractivity contribution in [3.63, 3.8) is 0 Å². The largest absolute Gasteiger partial charge is 0.493 e. The molecule has 0 aliphatic carbocycles. The van der Waals surface area contributed by atoms with Crippen molar-refractivity contribution in [2.75, 3.05) is 6.61 Å². The number of nitrogens with zero attached hydrogens (tertiary/aromatic N) is 2. The lowest BCUT2D eigenvalue weighted by molar-refractivity contribution is 0.103. The Morgan fingerprint density at radius 1 is 1.44 bits per heavy atom. The molecule has 1 aliphatic heterocycles. The molecular weight excluding hydrogens is 248 g/mol. The summed E-state index contributed by atoms with van der Waals surface area (Å²) in [5.41, 5.74) is 2.42. The number of benzene rings is 1. The standard InChI is InChI=1S/C13H12N2O2S/c1-8-13(18-15-14-8)11(16)10-6-2-4-9-5-3-7-17-12(9)10/h2,4,6H,3,5,7H2,1H3. The summed E-state index contributed by atoms with van der Waals surface area (Å²) in [4.78, 5) is 13.0. The van der Waals surface area contributed by atoms with Gasteiger partial charge in [0, 0.05) is 0 Å². The Bertz CT molecular complexity index is 607. The molecule has 0 saturated carbocycles. The molecule has 92 valence electrons. The molecule has 0 saturated heterocycles. The Morgan fingerprint density at radius 3 is 3.11 bits per heavy atom. The number of rotatable bonds is 2. The Balaban J connectivity index is 2.07. The van der Waals surface area contributed by atoms with Gasteiger partial charge in [0.05, 0.1) is 17.9 Å². The minimum absolute atomic E-state index is 0.0405. The lowest BCUT2D eigenvalue weighted by Gasteiger charge is -2.19. The average molecular weight is 260 g/mol. The zero-order valence-corrected chi connectivity index (χ0v) is 10.8. The highest BCUT2D eigenvalue weighted by Gasteiger charge is 2.22. The van der Waals surface area contributed by atoms with Crippen LogP contribution in [0.4, 0.5) is 0 Å². The predicted molar refractivity (Wildman–Crippen MR) is 68.3 cm³/mol. The van der Waals surface area contributed by atoms with Crippen LogP contribution < -0.4 is 4.74 Å². The van der Waals surface area contributed by atoms with Gasteiger partial charge in [-0.05, 0) is 42.9 Å². The van der Waals surface area contributed by atoms with Crippen LogP contribution in [0.3, 0.4) is 0 Å². The van der Waals surface area contributed by atoms with Crippen LogP contribution in [-0.4, -0.2) is 22.0 Å². The van der Waals surface area contributed by atoms with Crippen LogP contribution >= 0.6 is 11.5 Å². The molecule has 3 rings (SSSR count). The third-order valence-electron chi connectivity index (χ3n) is 3.04. The summed E-state index contributed by atoms with van der Waals surface area (Å²) in [5.74, 6) is 0.697. The topological polar surface area (TPSA) is 52.1 Å². The lowest BCUT2D eigenvalue weighted by atomic mass is 9.99. The van der Waals surface area contributed by atoms with E-state index < -0.39 is 0 Å². The number of aryl methyl sites for hydroxylation is 2. The lowest BCUT2D eigenvalue weighted by Crippen LogP contribution is -2.13. The molecule has 1 aromatic carbocycles. The zero-order chi connectivity index (χ0) is 12.5. The second-order valence-corrected chi connectivity index (χ2v) is 5.02. The maximum absolute atomic E-state index is 12.5. The molecule has 0 fully saturated rings. The maximum Gasteiger partial charge on any atom is 0.210 e. The monoisotopic (exact) mass is 260 g/mol. The fourth-order valence-electron chi connectivity index (χ4n) is 2.13.